The number of fused-ring (bicyclic) bond motifs is 2. The van der Waals surface area contributed by atoms with Crippen LogP contribution in [0.3, 0.4) is 0 Å². The number of benzene rings is 2. The summed E-state index contributed by atoms with van der Waals surface area (Å²) < 4.78 is 35.2. The minimum absolute atomic E-state index is 0. The van der Waals surface area contributed by atoms with E-state index in [0.29, 0.717) is 18.6 Å². The zero-order valence-corrected chi connectivity index (χ0v) is 17.1. The summed E-state index contributed by atoms with van der Waals surface area (Å²) in [7, 11) is 0. The molecule has 1 aliphatic heterocycles. The van der Waals surface area contributed by atoms with Crippen molar-refractivity contribution in [1.29, 1.82) is 0 Å². The summed E-state index contributed by atoms with van der Waals surface area (Å²) in [6, 6.07) is 10.7. The van der Waals surface area contributed by atoms with Crippen LogP contribution >= 0.6 is 0 Å². The number of aromatic nitrogens is 1. The predicted molar refractivity (Wildman–Crippen MR) is 99.3 cm³/mol. The molecular formula is C23H18BrF2NO2. The second-order valence-electron chi connectivity index (χ2n) is 7.31. The Morgan fingerprint density at radius 2 is 1.69 bits per heavy atom. The van der Waals surface area contributed by atoms with Crippen molar-refractivity contribution in [2.24, 2.45) is 0 Å². The van der Waals surface area contributed by atoms with E-state index in [0.717, 1.165) is 40.8 Å². The van der Waals surface area contributed by atoms with Gasteiger partial charge in [-0.2, -0.15) is 4.57 Å². The first-order valence-electron chi connectivity index (χ1n) is 9.39. The van der Waals surface area contributed by atoms with Gasteiger partial charge >= 0.3 is 0 Å². The van der Waals surface area contributed by atoms with Gasteiger partial charge in [-0.25, -0.2) is 8.78 Å². The monoisotopic (exact) mass is 457 g/mol. The molecule has 1 atom stereocenters. The van der Waals surface area contributed by atoms with Crippen molar-refractivity contribution in [3.05, 3.63) is 83.2 Å². The molecule has 3 nitrogen and oxygen atoms in total. The van der Waals surface area contributed by atoms with E-state index in [1.54, 1.807) is 6.07 Å². The Morgan fingerprint density at radius 3 is 2.48 bits per heavy atom. The van der Waals surface area contributed by atoms with Crippen LogP contribution in [0.2, 0.25) is 0 Å². The number of rotatable bonds is 2. The number of aryl methyl sites for hydroxylation is 1. The highest BCUT2D eigenvalue weighted by Gasteiger charge is 2.37. The van der Waals surface area contributed by atoms with Gasteiger partial charge in [0, 0.05) is 29.7 Å². The Hall–Kier alpha value is -2.60. The number of carbonyl (C=O) groups excluding carboxylic acids is 1. The number of nitrogens with zero attached hydrogens (tertiary/aromatic N) is 1. The molecule has 0 amide bonds. The van der Waals surface area contributed by atoms with Gasteiger partial charge in [0.15, 0.2) is 12.4 Å². The van der Waals surface area contributed by atoms with Crippen LogP contribution in [-0.4, -0.2) is 12.4 Å². The first kappa shape index (κ1) is 19.7. The predicted octanol–water partition coefficient (Wildman–Crippen LogP) is 1.23. The summed E-state index contributed by atoms with van der Waals surface area (Å²) in [5.41, 5.74) is 3.77. The van der Waals surface area contributed by atoms with Crippen molar-refractivity contribution in [2.75, 3.05) is 6.61 Å². The Bertz CT molecular complexity index is 1100. The third-order valence-electron chi connectivity index (χ3n) is 5.54. The van der Waals surface area contributed by atoms with E-state index in [9.17, 15) is 13.6 Å². The molecule has 1 aromatic heterocycles. The molecule has 2 aliphatic rings. The molecule has 1 unspecified atom stereocenters. The van der Waals surface area contributed by atoms with Crippen LogP contribution in [-0.2, 0) is 12.8 Å². The molecule has 0 bridgehead atoms. The molecular weight excluding hydrogens is 440 g/mol. The lowest BCUT2D eigenvalue weighted by molar-refractivity contribution is -0.706. The highest BCUT2D eigenvalue weighted by Crippen LogP contribution is 2.37. The van der Waals surface area contributed by atoms with Gasteiger partial charge in [-0.05, 0) is 59.9 Å². The van der Waals surface area contributed by atoms with Crippen molar-refractivity contribution < 1.29 is 39.9 Å². The molecule has 0 saturated heterocycles. The summed E-state index contributed by atoms with van der Waals surface area (Å²) in [6.45, 7) is 0.629. The molecule has 3 aromatic rings. The number of Topliss-reactive ketones (excluding diaryl/α,β-unsaturated/α-hetero) is 1. The highest BCUT2D eigenvalue weighted by atomic mass is 79.9. The first-order valence-corrected chi connectivity index (χ1v) is 9.39. The third-order valence-corrected chi connectivity index (χ3v) is 5.54. The van der Waals surface area contributed by atoms with Gasteiger partial charge < -0.3 is 21.7 Å². The van der Waals surface area contributed by atoms with Gasteiger partial charge in [0.05, 0.1) is 6.61 Å². The van der Waals surface area contributed by atoms with Gasteiger partial charge in [0.25, 0.3) is 0 Å². The lowest BCUT2D eigenvalue weighted by atomic mass is 9.98. The molecule has 0 radical (unpaired) electrons. The number of hydrogen-bond donors (Lipinski definition) is 0. The number of pyridine rings is 1. The Kier molecular flexibility index (Phi) is 5.21. The van der Waals surface area contributed by atoms with E-state index in [2.05, 4.69) is 0 Å². The fourth-order valence-electron chi connectivity index (χ4n) is 4.18. The molecule has 0 N–H and O–H groups in total. The first-order chi connectivity index (χ1) is 13.6. The van der Waals surface area contributed by atoms with Crippen molar-refractivity contribution in [3.8, 4) is 16.9 Å². The molecule has 0 fully saturated rings. The molecule has 2 heterocycles. The van der Waals surface area contributed by atoms with Crippen molar-refractivity contribution in [3.63, 3.8) is 0 Å². The number of hydrogen-bond acceptors (Lipinski definition) is 2. The molecule has 0 spiro atoms. The fraction of sp³-hybridized carbons (Fsp3) is 0.217. The van der Waals surface area contributed by atoms with E-state index < -0.39 is 0 Å². The molecule has 0 saturated carbocycles. The molecule has 148 valence electrons. The van der Waals surface area contributed by atoms with E-state index in [1.807, 2.05) is 29.1 Å². The number of carbonyl (C=O) groups is 1. The second kappa shape index (κ2) is 7.67. The highest BCUT2D eigenvalue weighted by molar-refractivity contribution is 6.02. The standard InChI is InChI=1S/C23H18F2NO2.BrH/c24-17-3-4-19-16(11-17)12-21(22(19)27)26-7-5-14(6-8-26)20-13-18(25)10-15-2-1-9-28-23(15)20;/h3-8,10-11,13,21H,1-2,9,12H2;1H/q+1;/p-1. The summed E-state index contributed by atoms with van der Waals surface area (Å²) in [5, 5.41) is 0. The van der Waals surface area contributed by atoms with Crippen molar-refractivity contribution in [2.45, 2.75) is 25.3 Å². The number of ketones is 1. The van der Waals surface area contributed by atoms with Crippen LogP contribution < -0.4 is 26.3 Å². The molecule has 5 rings (SSSR count). The molecule has 1 aliphatic carbocycles. The largest absolute Gasteiger partial charge is 1.00 e. The SMILES string of the molecule is O=C1c2ccc(F)cc2CC1[n+]1ccc(-c2cc(F)cc3c2OCCC3)cc1.[Br-]. The molecule has 6 heteroatoms. The maximum Gasteiger partial charge on any atom is 0.231 e. The Balaban J connectivity index is 0.00000205. The van der Waals surface area contributed by atoms with Crippen molar-refractivity contribution >= 4 is 5.78 Å². The van der Waals surface area contributed by atoms with Crippen LogP contribution in [0.15, 0.2) is 54.9 Å². The molecule has 29 heavy (non-hydrogen) atoms. The smallest absolute Gasteiger partial charge is 0.231 e. The van der Waals surface area contributed by atoms with E-state index >= 15 is 0 Å². The van der Waals surface area contributed by atoms with Gasteiger partial charge in [0.1, 0.15) is 17.4 Å². The minimum atomic E-state index is -0.386. The zero-order chi connectivity index (χ0) is 19.3. The Morgan fingerprint density at radius 1 is 0.931 bits per heavy atom. The topological polar surface area (TPSA) is 30.2 Å². The Labute approximate surface area is 177 Å². The van der Waals surface area contributed by atoms with Crippen LogP contribution in [0.25, 0.3) is 11.1 Å². The average Bonchev–Trinajstić information content (AvgIpc) is 3.03. The minimum Gasteiger partial charge on any atom is -1.00 e. The van der Waals surface area contributed by atoms with Crippen LogP contribution in [0, 0.1) is 11.6 Å². The summed E-state index contributed by atoms with van der Waals surface area (Å²) >= 11 is 0. The van der Waals surface area contributed by atoms with Crippen LogP contribution in [0.4, 0.5) is 8.78 Å². The second-order valence-corrected chi connectivity index (χ2v) is 7.31. The van der Waals surface area contributed by atoms with E-state index in [-0.39, 0.29) is 40.4 Å². The lowest BCUT2D eigenvalue weighted by Gasteiger charge is -2.20. The van der Waals surface area contributed by atoms with E-state index in [4.69, 9.17) is 4.74 Å². The van der Waals surface area contributed by atoms with E-state index in [1.165, 1.54) is 24.3 Å². The maximum absolute atomic E-state index is 14.1. The van der Waals surface area contributed by atoms with Gasteiger partial charge in [-0.15, -0.1) is 0 Å². The number of halogens is 3. The average molecular weight is 458 g/mol. The van der Waals surface area contributed by atoms with Gasteiger partial charge in [-0.1, -0.05) is 0 Å². The zero-order valence-electron chi connectivity index (χ0n) is 15.5. The van der Waals surface area contributed by atoms with Gasteiger partial charge in [-0.3, -0.25) is 4.79 Å². The van der Waals surface area contributed by atoms with Crippen LogP contribution in [0.1, 0.15) is 33.9 Å². The maximum atomic E-state index is 14.1. The van der Waals surface area contributed by atoms with Gasteiger partial charge in [0.2, 0.25) is 11.8 Å². The third kappa shape index (κ3) is 3.46. The summed E-state index contributed by atoms with van der Waals surface area (Å²) in [6.07, 6.45) is 5.79. The normalized spacial score (nSPS) is 17.2. The van der Waals surface area contributed by atoms with Crippen molar-refractivity contribution in [1.82, 2.24) is 0 Å². The quantitative estimate of drug-likeness (QED) is 0.541. The molecule has 2 aromatic carbocycles. The fourth-order valence-corrected chi connectivity index (χ4v) is 4.18. The van der Waals surface area contributed by atoms with Crippen LogP contribution in [0.5, 0.6) is 5.75 Å². The summed E-state index contributed by atoms with van der Waals surface area (Å²) in [5.74, 6) is 0.118. The lowest BCUT2D eigenvalue weighted by Crippen LogP contribution is -3.00. The summed E-state index contributed by atoms with van der Waals surface area (Å²) in [4.78, 5) is 12.7. The number of ether oxygens (including phenoxy) is 1.